The molecule has 412 valence electrons. The highest BCUT2D eigenvalue weighted by atomic mass is 32.2. The lowest BCUT2D eigenvalue weighted by molar-refractivity contribution is -0.129. The molecule has 24 heteroatoms. The van der Waals surface area contributed by atoms with Crippen molar-refractivity contribution in [2.45, 2.75) is 113 Å². The predicted molar refractivity (Wildman–Crippen MR) is 284 cm³/mol. The Hall–Kier alpha value is -5.44. The average molecular weight is 1100 g/mol. The number of anilines is 1. The van der Waals surface area contributed by atoms with E-state index in [4.69, 9.17) is 46.7 Å². The minimum atomic E-state index is -5.09. The first kappa shape index (κ1) is 60.4. The van der Waals surface area contributed by atoms with Crippen molar-refractivity contribution < 1.29 is 68.5 Å². The number of amides is 2. The SMILES string of the molecule is CNC(=O)[C@H](CCCCNC(=O)c1ccc(-c2c3ccc(=N)c(S(=O)(=O)O)c-3oc3c(S(=O)(=O)O)c(N)ccc23)c(C)c1)CC(=O)CCOCCOCCOCCOCCCC(=O)CCCCC[C@H]1NC(=S)N[C@H]1C. The van der Waals surface area contributed by atoms with Crippen LogP contribution in [0.25, 0.3) is 33.4 Å². The normalized spacial score (nSPS) is 15.2. The van der Waals surface area contributed by atoms with Gasteiger partial charge in [-0.1, -0.05) is 25.3 Å². The van der Waals surface area contributed by atoms with Crippen LogP contribution in [-0.4, -0.2) is 133 Å². The molecule has 2 aromatic rings. The Labute approximate surface area is 443 Å². The van der Waals surface area contributed by atoms with Gasteiger partial charge in [0, 0.05) is 86.0 Å². The molecule has 3 atom stereocenters. The Balaban J connectivity index is 0.952. The molecule has 2 aliphatic heterocycles. The maximum Gasteiger partial charge on any atom is 0.300 e. The molecule has 0 radical (unpaired) electrons. The number of nitrogens with two attached hydrogens (primary N) is 1. The highest BCUT2D eigenvalue weighted by molar-refractivity contribution is 7.86. The summed E-state index contributed by atoms with van der Waals surface area (Å²) in [6.07, 6.45) is 7.47. The fraction of sp³-hybridized carbons (Fsp3) is 0.529. The fourth-order valence-electron chi connectivity index (χ4n) is 8.88. The van der Waals surface area contributed by atoms with Crippen LogP contribution in [-0.2, 0) is 53.6 Å². The number of benzene rings is 3. The molecule has 2 heterocycles. The summed E-state index contributed by atoms with van der Waals surface area (Å²) in [5, 5.41) is 20.3. The first-order valence-corrected chi connectivity index (χ1v) is 28.3. The van der Waals surface area contributed by atoms with Gasteiger partial charge in [0.05, 0.1) is 57.3 Å². The third-order valence-corrected chi connectivity index (χ3v) is 14.9. The van der Waals surface area contributed by atoms with Crippen LogP contribution < -0.4 is 32.4 Å². The van der Waals surface area contributed by atoms with E-state index >= 15 is 0 Å². The van der Waals surface area contributed by atoms with Crippen molar-refractivity contribution in [2.24, 2.45) is 5.92 Å². The number of Topliss-reactive ketones (excluding diaryl/α,β-unsaturated/α-hetero) is 2. The molecule has 3 aliphatic rings. The molecule has 1 fully saturated rings. The number of rotatable bonds is 34. The number of hydrogen-bond acceptors (Lipinski definition) is 16. The Bertz CT molecular complexity index is 2900. The zero-order valence-electron chi connectivity index (χ0n) is 42.6. The van der Waals surface area contributed by atoms with Gasteiger partial charge in [0.1, 0.15) is 11.6 Å². The zero-order valence-corrected chi connectivity index (χ0v) is 45.1. The summed E-state index contributed by atoms with van der Waals surface area (Å²) in [7, 11) is -8.63. The smallest absolute Gasteiger partial charge is 0.300 e. The fourth-order valence-corrected chi connectivity index (χ4v) is 10.7. The van der Waals surface area contributed by atoms with Crippen molar-refractivity contribution in [1.82, 2.24) is 21.3 Å². The van der Waals surface area contributed by atoms with Crippen LogP contribution in [0.3, 0.4) is 0 Å². The number of carbonyl (C=O) groups is 4. The van der Waals surface area contributed by atoms with Crippen molar-refractivity contribution in [2.75, 3.05) is 72.2 Å². The lowest BCUT2D eigenvalue weighted by atomic mass is 9.90. The monoisotopic (exact) mass is 1100 g/mol. The second kappa shape index (κ2) is 29.2. The minimum absolute atomic E-state index is 0.0378. The summed E-state index contributed by atoms with van der Waals surface area (Å²) >= 11 is 5.16. The molecule has 2 aromatic carbocycles. The molecule has 0 unspecified atom stereocenters. The molecular formula is C51H70N6O15S3. The van der Waals surface area contributed by atoms with E-state index in [0.29, 0.717) is 101 Å². The van der Waals surface area contributed by atoms with Crippen molar-refractivity contribution in [3.05, 3.63) is 58.9 Å². The number of ether oxygens (including phenoxy) is 4. The molecule has 9 N–H and O–H groups in total. The largest absolute Gasteiger partial charge is 0.453 e. The van der Waals surface area contributed by atoms with E-state index in [-0.39, 0.29) is 72.2 Å². The number of fused-ring (bicyclic) bond motifs is 2. The number of ketones is 2. The molecule has 1 aliphatic carbocycles. The Morgan fingerprint density at radius 3 is 2.04 bits per heavy atom. The van der Waals surface area contributed by atoms with Gasteiger partial charge in [-0.25, -0.2) is 0 Å². The zero-order chi connectivity index (χ0) is 54.7. The second-order valence-corrected chi connectivity index (χ2v) is 21.5. The van der Waals surface area contributed by atoms with Gasteiger partial charge in [-0.15, -0.1) is 0 Å². The Morgan fingerprint density at radius 2 is 1.41 bits per heavy atom. The molecule has 0 spiro atoms. The number of unbranched alkanes of at least 4 members (excludes halogenated alkanes) is 3. The van der Waals surface area contributed by atoms with Crippen LogP contribution in [0.2, 0.25) is 0 Å². The van der Waals surface area contributed by atoms with Gasteiger partial charge in [-0.2, -0.15) is 16.8 Å². The van der Waals surface area contributed by atoms with Gasteiger partial charge < -0.3 is 50.4 Å². The quantitative estimate of drug-likeness (QED) is 0.00969. The predicted octanol–water partition coefficient (Wildman–Crippen LogP) is 5.28. The van der Waals surface area contributed by atoms with E-state index < -0.39 is 64.2 Å². The van der Waals surface area contributed by atoms with E-state index in [1.807, 2.05) is 0 Å². The first-order valence-electron chi connectivity index (χ1n) is 25.0. The molecule has 5 rings (SSSR count). The second-order valence-electron chi connectivity index (χ2n) is 18.4. The van der Waals surface area contributed by atoms with Crippen LogP contribution in [0.1, 0.15) is 99.9 Å². The van der Waals surface area contributed by atoms with Crippen molar-refractivity contribution in [3.63, 3.8) is 0 Å². The maximum absolute atomic E-state index is 13.3. The van der Waals surface area contributed by atoms with Gasteiger partial charge >= 0.3 is 0 Å². The highest BCUT2D eigenvalue weighted by Crippen LogP contribution is 2.45. The summed E-state index contributed by atoms with van der Waals surface area (Å²) in [4.78, 5) is 49.2. The number of hydrogen-bond donors (Lipinski definition) is 8. The topological polar surface area (TPSA) is 325 Å². The average Bonchev–Trinajstić information content (AvgIpc) is 3.67. The molecule has 0 bridgehead atoms. The summed E-state index contributed by atoms with van der Waals surface area (Å²) in [5.41, 5.74) is 6.44. The molecular weight excluding hydrogens is 1030 g/mol. The first-order chi connectivity index (χ1) is 35.7. The Kier molecular flexibility index (Phi) is 23.5. The van der Waals surface area contributed by atoms with Crippen LogP contribution in [0.5, 0.6) is 0 Å². The number of nitrogens with one attached hydrogen (secondary N) is 5. The molecule has 75 heavy (non-hydrogen) atoms. The third-order valence-electron chi connectivity index (χ3n) is 12.8. The van der Waals surface area contributed by atoms with Crippen molar-refractivity contribution >= 4 is 77.6 Å². The Morgan fingerprint density at radius 1 is 0.773 bits per heavy atom. The van der Waals surface area contributed by atoms with Crippen LogP contribution in [0.15, 0.2) is 56.7 Å². The van der Waals surface area contributed by atoms with Gasteiger partial charge in [-0.05, 0) is 106 Å². The lowest BCUT2D eigenvalue weighted by Gasteiger charge is -2.20. The molecule has 2 amide bonds. The molecule has 21 nitrogen and oxygen atoms in total. The van der Waals surface area contributed by atoms with Gasteiger partial charge in [0.2, 0.25) is 5.91 Å². The summed E-state index contributed by atoms with van der Waals surface area (Å²) < 4.78 is 98.1. The van der Waals surface area contributed by atoms with E-state index in [1.165, 1.54) is 31.3 Å². The maximum atomic E-state index is 13.3. The van der Waals surface area contributed by atoms with Crippen LogP contribution >= 0.6 is 12.2 Å². The van der Waals surface area contributed by atoms with E-state index in [0.717, 1.165) is 36.9 Å². The van der Waals surface area contributed by atoms with Gasteiger partial charge in [0.25, 0.3) is 26.1 Å². The summed E-state index contributed by atoms with van der Waals surface area (Å²) in [5.74, 6) is -1.65. The van der Waals surface area contributed by atoms with Crippen LogP contribution in [0.4, 0.5) is 5.69 Å². The standard InChI is InChI=1S/C51H70N6O15S3/c1-32-30-35(14-15-38(32)44-39-16-18-41(52)47(74(62,63)64)45(39)72-46-40(44)17-19-42(53)48(46)75(65,66)67)50(61)55-21-8-7-10-34(49(60)54-3)31-37(59)20-23-69-25-27-71-29-28-70-26-24-68-22-9-12-36(58)11-5-4-6-13-43-33(2)56-51(73)57-43/h14-19,30,33-34,43,52H,4-13,20-29,31,53H2,1-3H3,(H,54,60)(H,55,61)(H2,56,57,73)(H,62,63,64)(H,65,66,67)/t33-,34+,43+/m0/s1. The highest BCUT2D eigenvalue weighted by Gasteiger charge is 2.31. The summed E-state index contributed by atoms with van der Waals surface area (Å²) in [6, 6.07) is 10.5. The lowest BCUT2D eigenvalue weighted by Crippen LogP contribution is -2.30. The van der Waals surface area contributed by atoms with E-state index in [1.54, 1.807) is 19.1 Å². The third kappa shape index (κ3) is 18.1. The number of carbonyl (C=O) groups excluding carboxylic acids is 4. The van der Waals surface area contributed by atoms with E-state index in [2.05, 4.69) is 28.2 Å². The van der Waals surface area contributed by atoms with Gasteiger partial charge in [-0.3, -0.25) is 33.7 Å². The molecule has 0 saturated carbocycles. The number of nitrogen functional groups attached to an aromatic ring is 1. The number of thiocarbonyl (C=S) groups is 1. The molecule has 1 saturated heterocycles. The van der Waals surface area contributed by atoms with Crippen molar-refractivity contribution in [3.8, 4) is 22.5 Å². The molecule has 0 aromatic heterocycles. The number of aryl methyl sites for hydroxylation is 1. The van der Waals surface area contributed by atoms with Crippen molar-refractivity contribution in [1.29, 1.82) is 5.41 Å². The van der Waals surface area contributed by atoms with Gasteiger partial charge in [0.15, 0.2) is 26.2 Å². The minimum Gasteiger partial charge on any atom is -0.453 e. The van der Waals surface area contributed by atoms with Crippen LogP contribution in [0, 0.1) is 18.3 Å². The summed E-state index contributed by atoms with van der Waals surface area (Å²) in [6.45, 7) is 6.94. The van der Waals surface area contributed by atoms with E-state index in [9.17, 15) is 45.1 Å².